The molecule has 40 heavy (non-hydrogen) atoms. The van der Waals surface area contributed by atoms with E-state index in [0.29, 0.717) is 11.1 Å². The van der Waals surface area contributed by atoms with E-state index >= 15 is 0 Å². The maximum Gasteiger partial charge on any atom is 0.335 e. The zero-order valence-corrected chi connectivity index (χ0v) is 25.4. The van der Waals surface area contributed by atoms with Crippen LogP contribution in [0.1, 0.15) is 131 Å². The van der Waals surface area contributed by atoms with Crippen LogP contribution in [-0.2, 0) is 12.8 Å². The third-order valence-electron chi connectivity index (χ3n) is 7.09. The number of benzene rings is 2. The molecule has 0 aliphatic carbocycles. The highest BCUT2D eigenvalue weighted by atomic mass is 16.4. The first-order valence-corrected chi connectivity index (χ1v) is 15.1. The van der Waals surface area contributed by atoms with Crippen LogP contribution in [-0.4, -0.2) is 44.6 Å². The number of carboxylic acid groups (broad SMARTS) is 2. The second-order valence-corrected chi connectivity index (χ2v) is 10.4. The zero-order valence-electron chi connectivity index (χ0n) is 25.4. The van der Waals surface area contributed by atoms with Gasteiger partial charge in [-0.25, -0.2) is 9.59 Å². The van der Waals surface area contributed by atoms with E-state index in [1.807, 2.05) is 45.0 Å². The van der Waals surface area contributed by atoms with Crippen LogP contribution >= 0.6 is 0 Å². The molecule has 6 heteroatoms. The van der Waals surface area contributed by atoms with Gasteiger partial charge >= 0.3 is 11.9 Å². The van der Waals surface area contributed by atoms with Gasteiger partial charge in [0.25, 0.3) is 0 Å². The van der Waals surface area contributed by atoms with Gasteiger partial charge in [-0.3, -0.25) is 0 Å². The monoisotopic (exact) mass is 558 g/mol. The Hall–Kier alpha value is -2.70. The summed E-state index contributed by atoms with van der Waals surface area (Å²) in [5.41, 5.74) is 3.20. The number of aryl methyl sites for hydroxylation is 2. The minimum absolute atomic E-state index is 0.00926. The maximum absolute atomic E-state index is 10.6. The molecule has 2 unspecified atom stereocenters. The summed E-state index contributed by atoms with van der Waals surface area (Å²) in [6, 6.07) is 14.4. The van der Waals surface area contributed by atoms with Gasteiger partial charge in [0.15, 0.2) is 0 Å². The predicted octanol–water partition coefficient (Wildman–Crippen LogP) is 8.18. The van der Waals surface area contributed by atoms with E-state index < -0.39 is 11.9 Å². The van der Waals surface area contributed by atoms with Gasteiger partial charge in [-0.2, -0.15) is 0 Å². The Morgan fingerprint density at radius 3 is 1.15 bits per heavy atom. The van der Waals surface area contributed by atoms with Gasteiger partial charge in [0.1, 0.15) is 0 Å². The Balaban J connectivity index is 0.000000585. The minimum atomic E-state index is -0.854. The number of unbranched alkanes of at least 4 members (excludes halogenated alkanes) is 6. The summed E-state index contributed by atoms with van der Waals surface area (Å²) in [5.74, 6) is -1.70. The summed E-state index contributed by atoms with van der Waals surface area (Å²) in [6.45, 7) is 10.1. The van der Waals surface area contributed by atoms with Gasteiger partial charge in [-0.15, -0.1) is 0 Å². The third kappa shape index (κ3) is 17.1. The number of rotatable bonds is 16. The summed E-state index contributed by atoms with van der Waals surface area (Å²) in [5, 5.41) is 36.0. The molecular weight excluding hydrogens is 504 g/mol. The van der Waals surface area contributed by atoms with E-state index in [1.54, 1.807) is 24.3 Å². The molecule has 0 aromatic heterocycles. The number of aliphatic hydroxyl groups excluding tert-OH is 2. The summed E-state index contributed by atoms with van der Waals surface area (Å²) in [7, 11) is 0. The van der Waals surface area contributed by atoms with Crippen molar-refractivity contribution in [3.05, 3.63) is 70.8 Å². The number of aromatic carboxylic acids is 2. The molecule has 0 saturated heterocycles. The summed E-state index contributed by atoms with van der Waals surface area (Å²) in [4.78, 5) is 21.2. The van der Waals surface area contributed by atoms with Crippen LogP contribution in [0, 0.1) is 5.92 Å². The van der Waals surface area contributed by atoms with Crippen LogP contribution in [0.4, 0.5) is 0 Å². The van der Waals surface area contributed by atoms with Crippen molar-refractivity contribution in [3.8, 4) is 0 Å². The third-order valence-corrected chi connectivity index (χ3v) is 7.09. The number of carbonyl (C=O) groups is 2. The Morgan fingerprint density at radius 1 is 0.575 bits per heavy atom. The lowest BCUT2D eigenvalue weighted by molar-refractivity contribution is 0.0186. The number of carboxylic acids is 2. The Morgan fingerprint density at radius 2 is 0.900 bits per heavy atom. The van der Waals surface area contributed by atoms with Crippen molar-refractivity contribution < 1.29 is 30.0 Å². The molecule has 0 heterocycles. The van der Waals surface area contributed by atoms with E-state index in [1.165, 1.54) is 62.5 Å². The molecule has 0 aliphatic heterocycles. The van der Waals surface area contributed by atoms with E-state index in [4.69, 9.17) is 10.2 Å². The number of hydrogen-bond donors (Lipinski definition) is 4. The molecule has 2 rings (SSSR count). The molecule has 226 valence electrons. The van der Waals surface area contributed by atoms with Crippen molar-refractivity contribution in [2.75, 3.05) is 0 Å². The van der Waals surface area contributed by atoms with Crippen molar-refractivity contribution in [2.45, 2.75) is 124 Å². The molecule has 0 spiro atoms. The average molecular weight is 559 g/mol. The summed E-state index contributed by atoms with van der Waals surface area (Å²) in [6.07, 6.45) is 12.8. The second kappa shape index (κ2) is 23.0. The Labute approximate surface area is 242 Å². The summed E-state index contributed by atoms with van der Waals surface area (Å²) < 4.78 is 0. The van der Waals surface area contributed by atoms with Crippen molar-refractivity contribution in [1.82, 2.24) is 0 Å². The first kappa shape index (κ1) is 37.3. The molecule has 2 aromatic rings. The molecular formula is C34H54O6. The van der Waals surface area contributed by atoms with Crippen molar-refractivity contribution in [3.63, 3.8) is 0 Å². The van der Waals surface area contributed by atoms with Gasteiger partial charge in [-0.05, 0) is 73.9 Å². The highest BCUT2D eigenvalue weighted by Gasteiger charge is 2.18. The topological polar surface area (TPSA) is 115 Å². The van der Waals surface area contributed by atoms with Gasteiger partial charge < -0.3 is 20.4 Å². The quantitative estimate of drug-likeness (QED) is 0.154. The van der Waals surface area contributed by atoms with Crippen molar-refractivity contribution in [2.24, 2.45) is 5.92 Å². The van der Waals surface area contributed by atoms with E-state index in [2.05, 4.69) is 13.8 Å². The fourth-order valence-corrected chi connectivity index (χ4v) is 4.14. The molecule has 2 aromatic carbocycles. The van der Waals surface area contributed by atoms with Crippen molar-refractivity contribution >= 4 is 11.9 Å². The lowest BCUT2D eigenvalue weighted by Gasteiger charge is -2.21. The van der Waals surface area contributed by atoms with Gasteiger partial charge in [0.05, 0.1) is 23.3 Å². The van der Waals surface area contributed by atoms with Gasteiger partial charge in [0, 0.05) is 5.92 Å². The van der Waals surface area contributed by atoms with Crippen molar-refractivity contribution in [1.29, 1.82) is 0 Å². The van der Waals surface area contributed by atoms with Crippen LogP contribution in [0.25, 0.3) is 0 Å². The first-order chi connectivity index (χ1) is 19.1. The highest BCUT2D eigenvalue weighted by molar-refractivity contribution is 5.87. The summed E-state index contributed by atoms with van der Waals surface area (Å²) >= 11 is 0. The zero-order chi connectivity index (χ0) is 30.3. The fraction of sp³-hybridized carbons (Fsp3) is 0.588. The van der Waals surface area contributed by atoms with E-state index in [9.17, 15) is 19.8 Å². The molecule has 0 amide bonds. The molecule has 0 saturated carbocycles. The average Bonchev–Trinajstić information content (AvgIpc) is 2.97. The largest absolute Gasteiger partial charge is 0.478 e. The normalized spacial score (nSPS) is 12.7. The molecule has 0 fully saturated rings. The standard InChI is InChI=1S/2C13H18O2.C8H18O2/c2*1-2-3-4-5-6-11-7-9-12(10-8-11)13(14)15;1-4-7(9)6(3)8(10)5-2/h2*7-10H,2-6H2,1H3,(H,14,15);6-10H,4-5H2,1-3H3. The lowest BCUT2D eigenvalue weighted by Crippen LogP contribution is -2.28. The lowest BCUT2D eigenvalue weighted by atomic mass is 9.95. The van der Waals surface area contributed by atoms with Crippen LogP contribution in [0.3, 0.4) is 0 Å². The molecule has 0 bridgehead atoms. The molecule has 6 nitrogen and oxygen atoms in total. The SMILES string of the molecule is CCC(O)C(C)C(O)CC.CCCCCCc1ccc(C(=O)O)cc1.CCCCCCc1ccc(C(=O)O)cc1. The van der Waals surface area contributed by atoms with Gasteiger partial charge in [-0.1, -0.05) is 97.4 Å². The predicted molar refractivity (Wildman–Crippen MR) is 164 cm³/mol. The molecule has 0 aliphatic rings. The minimum Gasteiger partial charge on any atom is -0.478 e. The van der Waals surface area contributed by atoms with Crippen LogP contribution < -0.4 is 0 Å². The van der Waals surface area contributed by atoms with Crippen LogP contribution in [0.15, 0.2) is 48.5 Å². The fourth-order valence-electron chi connectivity index (χ4n) is 4.14. The van der Waals surface area contributed by atoms with E-state index in [0.717, 1.165) is 25.7 Å². The molecule has 0 radical (unpaired) electrons. The smallest absolute Gasteiger partial charge is 0.335 e. The maximum atomic E-state index is 10.6. The second-order valence-electron chi connectivity index (χ2n) is 10.4. The van der Waals surface area contributed by atoms with Gasteiger partial charge in [0.2, 0.25) is 0 Å². The number of aliphatic hydroxyl groups is 2. The van der Waals surface area contributed by atoms with E-state index in [-0.39, 0.29) is 18.1 Å². The number of hydrogen-bond acceptors (Lipinski definition) is 4. The Kier molecular flexibility index (Phi) is 21.5. The first-order valence-electron chi connectivity index (χ1n) is 15.1. The van der Waals surface area contributed by atoms with Crippen LogP contribution in [0.2, 0.25) is 0 Å². The molecule has 4 N–H and O–H groups in total. The van der Waals surface area contributed by atoms with Crippen LogP contribution in [0.5, 0.6) is 0 Å². The highest BCUT2D eigenvalue weighted by Crippen LogP contribution is 2.14. The molecule has 2 atom stereocenters. The Bertz CT molecular complexity index is 832.